The number of fused-ring (bicyclic) bond motifs is 1. The molecule has 0 aliphatic carbocycles. The molecule has 4 heteroatoms. The summed E-state index contributed by atoms with van der Waals surface area (Å²) >= 11 is 6.04. The number of hydrogen-bond donors (Lipinski definition) is 1. The van der Waals surface area contributed by atoms with Gasteiger partial charge in [-0.15, -0.1) is 0 Å². The second-order valence-corrected chi connectivity index (χ2v) is 5.38. The first-order chi connectivity index (χ1) is 10.1. The van der Waals surface area contributed by atoms with Crippen LogP contribution < -0.4 is 5.73 Å². The number of benzene rings is 2. The van der Waals surface area contributed by atoms with E-state index in [0.717, 1.165) is 16.5 Å². The van der Waals surface area contributed by atoms with Crippen molar-refractivity contribution in [1.29, 1.82) is 0 Å². The van der Waals surface area contributed by atoms with Crippen LogP contribution in [0, 0.1) is 5.82 Å². The van der Waals surface area contributed by atoms with Gasteiger partial charge in [-0.2, -0.15) is 0 Å². The minimum Gasteiger partial charge on any atom is -0.324 e. The van der Waals surface area contributed by atoms with E-state index in [4.69, 9.17) is 17.3 Å². The van der Waals surface area contributed by atoms with Crippen LogP contribution in [0.3, 0.4) is 0 Å². The Bertz CT molecular complexity index is 768. The predicted molar refractivity (Wildman–Crippen MR) is 83.8 cm³/mol. The van der Waals surface area contributed by atoms with Crippen molar-refractivity contribution in [3.05, 3.63) is 76.7 Å². The van der Waals surface area contributed by atoms with Gasteiger partial charge >= 0.3 is 0 Å². The van der Waals surface area contributed by atoms with Gasteiger partial charge < -0.3 is 5.73 Å². The average molecular weight is 301 g/mol. The third-order valence-corrected chi connectivity index (χ3v) is 3.88. The molecule has 3 rings (SSSR count). The number of rotatable bonds is 3. The third-order valence-electron chi connectivity index (χ3n) is 3.53. The predicted octanol–water partition coefficient (Wildman–Crippen LogP) is 4.27. The van der Waals surface area contributed by atoms with Crippen molar-refractivity contribution in [2.75, 3.05) is 0 Å². The molecule has 0 spiro atoms. The molecule has 0 fully saturated rings. The smallest absolute Gasteiger partial charge is 0.127 e. The van der Waals surface area contributed by atoms with Crippen molar-refractivity contribution in [2.24, 2.45) is 5.73 Å². The maximum Gasteiger partial charge on any atom is 0.127 e. The molecule has 1 atom stereocenters. The van der Waals surface area contributed by atoms with Crippen molar-refractivity contribution in [2.45, 2.75) is 12.5 Å². The summed E-state index contributed by atoms with van der Waals surface area (Å²) in [5.41, 5.74) is 8.42. The van der Waals surface area contributed by atoms with Crippen LogP contribution in [0.4, 0.5) is 4.39 Å². The number of aromatic nitrogens is 1. The monoisotopic (exact) mass is 300 g/mol. The number of para-hydroxylation sites is 1. The Balaban J connectivity index is 1.91. The first kappa shape index (κ1) is 14.0. The largest absolute Gasteiger partial charge is 0.324 e. The summed E-state index contributed by atoms with van der Waals surface area (Å²) in [6.45, 7) is 0. The number of pyridine rings is 1. The fourth-order valence-electron chi connectivity index (χ4n) is 2.36. The van der Waals surface area contributed by atoms with Gasteiger partial charge in [-0.3, -0.25) is 4.98 Å². The Morgan fingerprint density at radius 3 is 2.76 bits per heavy atom. The minimum absolute atomic E-state index is 0.327. The highest BCUT2D eigenvalue weighted by Crippen LogP contribution is 2.25. The maximum atomic E-state index is 13.8. The van der Waals surface area contributed by atoms with E-state index in [0.29, 0.717) is 17.0 Å². The van der Waals surface area contributed by atoms with E-state index in [1.54, 1.807) is 18.3 Å². The van der Waals surface area contributed by atoms with E-state index < -0.39 is 0 Å². The van der Waals surface area contributed by atoms with Gasteiger partial charge in [0.05, 0.1) is 5.52 Å². The molecule has 1 unspecified atom stereocenters. The Kier molecular flexibility index (Phi) is 3.86. The molecular formula is C17H14ClFN2. The number of hydrogen-bond acceptors (Lipinski definition) is 2. The molecule has 106 valence electrons. The standard InChI is InChI=1S/C17H14ClFN2/c18-14-5-3-6-15(19)13(14)9-16(20)12-8-11-4-1-2-7-17(11)21-10-12/h1-8,10,16H,9,20H2. The van der Waals surface area contributed by atoms with Crippen molar-refractivity contribution in [1.82, 2.24) is 4.98 Å². The number of halogens is 2. The van der Waals surface area contributed by atoms with Crippen LogP contribution >= 0.6 is 11.6 Å². The van der Waals surface area contributed by atoms with Gasteiger partial charge in [0.25, 0.3) is 0 Å². The molecule has 2 N–H and O–H groups in total. The lowest BCUT2D eigenvalue weighted by Gasteiger charge is -2.14. The molecule has 0 saturated heterocycles. The van der Waals surface area contributed by atoms with E-state index in [1.807, 2.05) is 30.3 Å². The Morgan fingerprint density at radius 2 is 1.95 bits per heavy atom. The van der Waals surface area contributed by atoms with Gasteiger partial charge in [0.1, 0.15) is 5.82 Å². The number of nitrogens with two attached hydrogens (primary N) is 1. The summed E-state index contributed by atoms with van der Waals surface area (Å²) in [6, 6.07) is 14.1. The van der Waals surface area contributed by atoms with Crippen LogP contribution in [-0.2, 0) is 6.42 Å². The zero-order valence-electron chi connectivity index (χ0n) is 11.3. The zero-order valence-corrected chi connectivity index (χ0v) is 12.0. The van der Waals surface area contributed by atoms with Crippen molar-refractivity contribution in [3.63, 3.8) is 0 Å². The van der Waals surface area contributed by atoms with Crippen LogP contribution in [0.5, 0.6) is 0 Å². The van der Waals surface area contributed by atoms with Crippen LogP contribution in [0.2, 0.25) is 5.02 Å². The molecular weight excluding hydrogens is 287 g/mol. The van der Waals surface area contributed by atoms with E-state index in [-0.39, 0.29) is 11.9 Å². The van der Waals surface area contributed by atoms with Crippen LogP contribution in [0.25, 0.3) is 10.9 Å². The molecule has 0 saturated carbocycles. The molecule has 0 radical (unpaired) electrons. The van der Waals surface area contributed by atoms with Gasteiger partial charge in [-0.25, -0.2) is 4.39 Å². The average Bonchev–Trinajstić information content (AvgIpc) is 2.50. The van der Waals surface area contributed by atoms with E-state index in [1.165, 1.54) is 6.07 Å². The molecule has 3 aromatic rings. The highest BCUT2D eigenvalue weighted by Gasteiger charge is 2.14. The molecule has 0 aliphatic rings. The van der Waals surface area contributed by atoms with E-state index >= 15 is 0 Å². The SMILES string of the molecule is NC(Cc1c(F)cccc1Cl)c1cnc2ccccc2c1. The van der Waals surface area contributed by atoms with Gasteiger partial charge in [-0.1, -0.05) is 35.9 Å². The quantitative estimate of drug-likeness (QED) is 0.784. The molecule has 0 bridgehead atoms. The first-order valence-electron chi connectivity index (χ1n) is 6.68. The fraction of sp³-hybridized carbons (Fsp3) is 0.118. The van der Waals surface area contributed by atoms with Gasteiger partial charge in [-0.05, 0) is 36.2 Å². The van der Waals surface area contributed by atoms with Crippen molar-refractivity contribution in [3.8, 4) is 0 Å². The highest BCUT2D eigenvalue weighted by molar-refractivity contribution is 6.31. The Labute approximate surface area is 127 Å². The van der Waals surface area contributed by atoms with Gasteiger partial charge in [0.15, 0.2) is 0 Å². The summed E-state index contributed by atoms with van der Waals surface area (Å²) < 4.78 is 13.8. The van der Waals surface area contributed by atoms with Crippen molar-refractivity contribution >= 4 is 22.5 Å². The maximum absolute atomic E-state index is 13.8. The molecule has 0 amide bonds. The topological polar surface area (TPSA) is 38.9 Å². The summed E-state index contributed by atoms with van der Waals surface area (Å²) in [5.74, 6) is -0.327. The third kappa shape index (κ3) is 2.89. The summed E-state index contributed by atoms with van der Waals surface area (Å²) in [6.07, 6.45) is 2.08. The van der Waals surface area contributed by atoms with E-state index in [2.05, 4.69) is 4.98 Å². The van der Waals surface area contributed by atoms with Crippen LogP contribution in [0.15, 0.2) is 54.7 Å². The minimum atomic E-state index is -0.350. The lowest BCUT2D eigenvalue weighted by Crippen LogP contribution is -2.14. The molecule has 2 nitrogen and oxygen atoms in total. The van der Waals surface area contributed by atoms with Crippen molar-refractivity contribution < 1.29 is 4.39 Å². The van der Waals surface area contributed by atoms with Gasteiger partial charge in [0.2, 0.25) is 0 Å². The zero-order chi connectivity index (χ0) is 14.8. The number of nitrogens with zero attached hydrogens (tertiary/aromatic N) is 1. The molecule has 1 heterocycles. The van der Waals surface area contributed by atoms with E-state index in [9.17, 15) is 4.39 Å². The summed E-state index contributed by atoms with van der Waals surface area (Å²) in [5, 5.41) is 1.42. The second kappa shape index (κ2) is 5.80. The molecule has 2 aromatic carbocycles. The summed E-state index contributed by atoms with van der Waals surface area (Å²) in [4.78, 5) is 4.38. The highest BCUT2D eigenvalue weighted by atomic mass is 35.5. The molecule has 0 aliphatic heterocycles. The summed E-state index contributed by atoms with van der Waals surface area (Å²) in [7, 11) is 0. The Morgan fingerprint density at radius 1 is 1.14 bits per heavy atom. The lowest BCUT2D eigenvalue weighted by atomic mass is 9.99. The normalized spacial score (nSPS) is 12.5. The molecule has 1 aromatic heterocycles. The van der Waals surface area contributed by atoms with Crippen LogP contribution in [0.1, 0.15) is 17.2 Å². The lowest BCUT2D eigenvalue weighted by molar-refractivity contribution is 0.593. The molecule has 21 heavy (non-hydrogen) atoms. The second-order valence-electron chi connectivity index (χ2n) is 4.97. The Hall–Kier alpha value is -1.97. The fourth-order valence-corrected chi connectivity index (χ4v) is 2.60. The van der Waals surface area contributed by atoms with Crippen LogP contribution in [-0.4, -0.2) is 4.98 Å². The first-order valence-corrected chi connectivity index (χ1v) is 7.06. The van der Waals surface area contributed by atoms with Gasteiger partial charge in [0, 0.05) is 28.2 Å².